The van der Waals surface area contributed by atoms with E-state index in [2.05, 4.69) is 0 Å². The maximum Gasteiger partial charge on any atom is 0.452 e. The van der Waals surface area contributed by atoms with Gasteiger partial charge in [0.2, 0.25) is 0 Å². The van der Waals surface area contributed by atoms with Gasteiger partial charge in [-0.05, 0) is 40.0 Å². The van der Waals surface area contributed by atoms with Crippen molar-refractivity contribution in [1.29, 1.82) is 0 Å². The molecule has 0 unspecified atom stereocenters. The summed E-state index contributed by atoms with van der Waals surface area (Å²) in [7, 11) is 0. The van der Waals surface area contributed by atoms with Gasteiger partial charge >= 0.3 is 12.3 Å². The molecule has 1 saturated heterocycles. The maximum absolute atomic E-state index is 12.5. The number of amides is 1. The number of piperidine rings is 1. The first-order valence-electron chi connectivity index (χ1n) is 6.13. The van der Waals surface area contributed by atoms with Crippen molar-refractivity contribution in [3.05, 3.63) is 0 Å². The number of carbonyl (C=O) groups excluding carboxylic acids is 2. The number of likely N-dealkylation sites (tertiary alicyclic amines) is 1. The van der Waals surface area contributed by atoms with Crippen LogP contribution in [0.4, 0.5) is 18.0 Å². The SMILES string of the molecule is CC(C)(C)OC(=O)N1CCCC[C@H]1C(=O)C(F)(F)F. The van der Waals surface area contributed by atoms with Crippen LogP contribution in [0.5, 0.6) is 0 Å². The zero-order valence-electron chi connectivity index (χ0n) is 11.2. The van der Waals surface area contributed by atoms with Crippen LogP contribution in [0.1, 0.15) is 40.0 Å². The number of carbonyl (C=O) groups is 2. The number of nitrogens with zero attached hydrogens (tertiary/aromatic N) is 1. The molecule has 1 rings (SSSR count). The van der Waals surface area contributed by atoms with Crippen LogP contribution in [0.3, 0.4) is 0 Å². The van der Waals surface area contributed by atoms with Crippen molar-refractivity contribution in [3.8, 4) is 0 Å². The van der Waals surface area contributed by atoms with Crippen molar-refractivity contribution in [1.82, 2.24) is 4.90 Å². The number of halogens is 3. The first kappa shape index (κ1) is 15.8. The van der Waals surface area contributed by atoms with E-state index in [9.17, 15) is 22.8 Å². The van der Waals surface area contributed by atoms with E-state index >= 15 is 0 Å². The summed E-state index contributed by atoms with van der Waals surface area (Å²) < 4.78 is 42.5. The molecule has 1 atom stereocenters. The standard InChI is InChI=1S/C12H18F3NO3/c1-11(2,3)19-10(18)16-7-5-4-6-8(16)9(17)12(13,14)15/h8H,4-7H2,1-3H3/t8-/m0/s1. The number of alkyl halides is 3. The van der Waals surface area contributed by atoms with Crippen LogP contribution in [-0.2, 0) is 9.53 Å². The Kier molecular flexibility index (Phi) is 4.47. The maximum atomic E-state index is 12.5. The third-order valence-electron chi connectivity index (χ3n) is 2.71. The van der Waals surface area contributed by atoms with Crippen molar-refractivity contribution >= 4 is 11.9 Å². The van der Waals surface area contributed by atoms with Crippen molar-refractivity contribution in [2.75, 3.05) is 6.54 Å². The van der Waals surface area contributed by atoms with Crippen LogP contribution in [0.25, 0.3) is 0 Å². The summed E-state index contributed by atoms with van der Waals surface area (Å²) in [5, 5.41) is 0. The summed E-state index contributed by atoms with van der Waals surface area (Å²) >= 11 is 0. The molecule has 110 valence electrons. The smallest absolute Gasteiger partial charge is 0.444 e. The Morgan fingerprint density at radius 3 is 2.21 bits per heavy atom. The third-order valence-corrected chi connectivity index (χ3v) is 2.71. The summed E-state index contributed by atoms with van der Waals surface area (Å²) in [6.07, 6.45) is -4.71. The molecule has 0 aliphatic carbocycles. The molecule has 1 aliphatic rings. The second-order valence-corrected chi connectivity index (χ2v) is 5.55. The molecular weight excluding hydrogens is 263 g/mol. The second kappa shape index (κ2) is 5.38. The van der Waals surface area contributed by atoms with Gasteiger partial charge in [-0.15, -0.1) is 0 Å². The van der Waals surface area contributed by atoms with Gasteiger partial charge in [-0.25, -0.2) is 4.79 Å². The Balaban J connectivity index is 2.84. The Morgan fingerprint density at radius 1 is 1.16 bits per heavy atom. The highest BCUT2D eigenvalue weighted by atomic mass is 19.4. The molecule has 0 aromatic rings. The molecule has 1 fully saturated rings. The van der Waals surface area contributed by atoms with E-state index in [0.717, 1.165) is 4.90 Å². The van der Waals surface area contributed by atoms with E-state index < -0.39 is 29.7 Å². The van der Waals surface area contributed by atoms with Gasteiger partial charge in [0.15, 0.2) is 0 Å². The van der Waals surface area contributed by atoms with E-state index in [0.29, 0.717) is 12.8 Å². The van der Waals surface area contributed by atoms with Gasteiger partial charge in [0.05, 0.1) is 0 Å². The largest absolute Gasteiger partial charge is 0.452 e. The Labute approximate surface area is 109 Å². The zero-order chi connectivity index (χ0) is 14.8. The summed E-state index contributed by atoms with van der Waals surface area (Å²) in [6.45, 7) is 4.97. The monoisotopic (exact) mass is 281 g/mol. The fourth-order valence-electron chi connectivity index (χ4n) is 1.93. The predicted molar refractivity (Wildman–Crippen MR) is 61.6 cm³/mol. The van der Waals surface area contributed by atoms with Gasteiger partial charge < -0.3 is 4.74 Å². The third kappa shape index (κ3) is 4.40. The van der Waals surface area contributed by atoms with Gasteiger partial charge in [0, 0.05) is 6.54 Å². The number of rotatable bonds is 1. The summed E-state index contributed by atoms with van der Waals surface area (Å²) in [6, 6.07) is -1.45. The molecule has 7 heteroatoms. The minimum Gasteiger partial charge on any atom is -0.444 e. The van der Waals surface area contributed by atoms with E-state index in [4.69, 9.17) is 4.74 Å². The minimum absolute atomic E-state index is 0.0254. The van der Waals surface area contributed by atoms with Crippen molar-refractivity contribution < 1.29 is 27.5 Å². The molecule has 0 spiro atoms. The lowest BCUT2D eigenvalue weighted by Gasteiger charge is -2.35. The molecule has 1 aliphatic heterocycles. The highest BCUT2D eigenvalue weighted by molar-refractivity contribution is 5.91. The van der Waals surface area contributed by atoms with Gasteiger partial charge in [-0.1, -0.05) is 0 Å². The molecule has 1 amide bonds. The van der Waals surface area contributed by atoms with Crippen LogP contribution >= 0.6 is 0 Å². The first-order chi connectivity index (χ1) is 8.52. The normalized spacial score (nSPS) is 21.2. The molecule has 0 aromatic heterocycles. The highest BCUT2D eigenvalue weighted by Gasteiger charge is 2.47. The average molecular weight is 281 g/mol. The van der Waals surface area contributed by atoms with Gasteiger partial charge in [0.25, 0.3) is 5.78 Å². The van der Waals surface area contributed by atoms with Crippen molar-refractivity contribution in [3.63, 3.8) is 0 Å². The number of Topliss-reactive ketones (excluding diaryl/α,β-unsaturated/α-hetero) is 1. The lowest BCUT2D eigenvalue weighted by Crippen LogP contribution is -2.53. The quantitative estimate of drug-likeness (QED) is 0.742. The van der Waals surface area contributed by atoms with Crippen molar-refractivity contribution in [2.45, 2.75) is 57.9 Å². The average Bonchev–Trinajstić information content (AvgIpc) is 2.24. The van der Waals surface area contributed by atoms with E-state index in [-0.39, 0.29) is 13.0 Å². The lowest BCUT2D eigenvalue weighted by atomic mass is 9.98. The molecule has 0 radical (unpaired) electrons. The van der Waals surface area contributed by atoms with Crippen LogP contribution in [0.2, 0.25) is 0 Å². The van der Waals surface area contributed by atoms with Crippen LogP contribution in [-0.4, -0.2) is 41.1 Å². The van der Waals surface area contributed by atoms with Crippen LogP contribution in [0, 0.1) is 0 Å². The lowest BCUT2D eigenvalue weighted by molar-refractivity contribution is -0.177. The number of ketones is 1. The molecule has 0 bridgehead atoms. The van der Waals surface area contributed by atoms with Gasteiger partial charge in [-0.2, -0.15) is 13.2 Å². The van der Waals surface area contributed by atoms with Crippen LogP contribution < -0.4 is 0 Å². The fraction of sp³-hybridized carbons (Fsp3) is 0.833. The first-order valence-corrected chi connectivity index (χ1v) is 6.13. The fourth-order valence-corrected chi connectivity index (χ4v) is 1.93. The van der Waals surface area contributed by atoms with Crippen molar-refractivity contribution in [2.24, 2.45) is 0 Å². The molecule has 4 nitrogen and oxygen atoms in total. The Hall–Kier alpha value is -1.27. The van der Waals surface area contributed by atoms with Crippen LogP contribution in [0.15, 0.2) is 0 Å². The van der Waals surface area contributed by atoms with E-state index in [1.807, 2.05) is 0 Å². The minimum atomic E-state index is -4.93. The Morgan fingerprint density at radius 2 is 1.74 bits per heavy atom. The number of hydrogen-bond donors (Lipinski definition) is 0. The molecule has 0 aromatic carbocycles. The summed E-state index contributed by atoms with van der Waals surface area (Å²) in [4.78, 5) is 24.1. The highest BCUT2D eigenvalue weighted by Crippen LogP contribution is 2.27. The topological polar surface area (TPSA) is 46.6 Å². The molecule has 19 heavy (non-hydrogen) atoms. The van der Waals surface area contributed by atoms with E-state index in [1.165, 1.54) is 0 Å². The van der Waals surface area contributed by atoms with Gasteiger partial charge in [-0.3, -0.25) is 9.69 Å². The summed E-state index contributed by atoms with van der Waals surface area (Å²) in [5.74, 6) is -1.88. The molecule has 0 N–H and O–H groups in total. The van der Waals surface area contributed by atoms with Gasteiger partial charge in [0.1, 0.15) is 11.6 Å². The molecular formula is C12H18F3NO3. The number of ether oxygens (including phenoxy) is 1. The number of hydrogen-bond acceptors (Lipinski definition) is 3. The Bertz CT molecular complexity index is 360. The molecule has 1 heterocycles. The second-order valence-electron chi connectivity index (χ2n) is 5.55. The predicted octanol–water partition coefficient (Wildman–Crippen LogP) is 2.91. The zero-order valence-corrected chi connectivity index (χ0v) is 11.2. The summed E-state index contributed by atoms with van der Waals surface area (Å²) in [5.41, 5.74) is -0.805. The molecule has 0 saturated carbocycles. The van der Waals surface area contributed by atoms with E-state index in [1.54, 1.807) is 20.8 Å².